The molecule has 0 saturated carbocycles. The number of para-hydroxylation sites is 2. The van der Waals surface area contributed by atoms with Crippen LogP contribution in [-0.4, -0.2) is 4.57 Å². The summed E-state index contributed by atoms with van der Waals surface area (Å²) >= 11 is 0. The van der Waals surface area contributed by atoms with Crippen LogP contribution in [0, 0.1) is 0 Å². The highest BCUT2D eigenvalue weighted by Gasteiger charge is 2.14. The van der Waals surface area contributed by atoms with E-state index >= 15 is 0 Å². The van der Waals surface area contributed by atoms with Crippen molar-refractivity contribution in [3.63, 3.8) is 0 Å². The van der Waals surface area contributed by atoms with Gasteiger partial charge in [0.1, 0.15) is 0 Å². The van der Waals surface area contributed by atoms with Crippen LogP contribution in [0.4, 0.5) is 11.4 Å². The summed E-state index contributed by atoms with van der Waals surface area (Å²) in [7, 11) is 0. The molecule has 0 spiro atoms. The number of anilines is 2. The van der Waals surface area contributed by atoms with E-state index in [0.29, 0.717) is 0 Å². The maximum Gasteiger partial charge on any atom is 0.0541 e. The van der Waals surface area contributed by atoms with Crippen molar-refractivity contribution in [3.05, 3.63) is 164 Å². The fraction of sp³-hybridized carbons (Fsp3) is 0. The van der Waals surface area contributed by atoms with Crippen LogP contribution in [0.5, 0.6) is 0 Å². The zero-order chi connectivity index (χ0) is 27.9. The molecule has 8 aromatic rings. The molecular formula is C40H28N2. The fourth-order valence-corrected chi connectivity index (χ4v) is 6.19. The molecule has 0 fully saturated rings. The molecule has 7 aromatic carbocycles. The van der Waals surface area contributed by atoms with Gasteiger partial charge in [0.25, 0.3) is 0 Å². The van der Waals surface area contributed by atoms with Crippen LogP contribution in [0.25, 0.3) is 60.5 Å². The number of nitrogens with one attached hydrogen (secondary N) is 1. The van der Waals surface area contributed by atoms with E-state index in [1.165, 1.54) is 60.5 Å². The first-order valence-corrected chi connectivity index (χ1v) is 14.4. The Morgan fingerprint density at radius 2 is 0.976 bits per heavy atom. The maximum absolute atomic E-state index is 3.68. The Balaban J connectivity index is 1.21. The van der Waals surface area contributed by atoms with Crippen LogP contribution in [0.2, 0.25) is 0 Å². The van der Waals surface area contributed by atoms with Crippen molar-refractivity contribution in [2.24, 2.45) is 0 Å². The number of nitrogens with zero attached hydrogens (tertiary/aromatic N) is 1. The van der Waals surface area contributed by atoms with Crippen LogP contribution in [0.1, 0.15) is 0 Å². The van der Waals surface area contributed by atoms with E-state index in [1.807, 2.05) is 0 Å². The van der Waals surface area contributed by atoms with E-state index in [9.17, 15) is 0 Å². The molecule has 198 valence electrons. The van der Waals surface area contributed by atoms with Gasteiger partial charge < -0.3 is 9.88 Å². The first-order valence-electron chi connectivity index (χ1n) is 14.4. The van der Waals surface area contributed by atoms with Gasteiger partial charge in [-0.1, -0.05) is 115 Å². The lowest BCUT2D eigenvalue weighted by atomic mass is 9.96. The van der Waals surface area contributed by atoms with Crippen LogP contribution < -0.4 is 5.32 Å². The second kappa shape index (κ2) is 10.1. The maximum atomic E-state index is 3.68. The Kier molecular flexibility index (Phi) is 5.82. The zero-order valence-electron chi connectivity index (χ0n) is 23.0. The molecule has 2 heteroatoms. The zero-order valence-corrected chi connectivity index (χ0v) is 23.0. The topological polar surface area (TPSA) is 17.0 Å². The number of benzene rings is 7. The smallest absolute Gasteiger partial charge is 0.0541 e. The first-order chi connectivity index (χ1) is 20.8. The third kappa shape index (κ3) is 4.13. The van der Waals surface area contributed by atoms with Crippen molar-refractivity contribution < 1.29 is 0 Å². The summed E-state index contributed by atoms with van der Waals surface area (Å²) in [6.45, 7) is 0. The predicted molar refractivity (Wildman–Crippen MR) is 179 cm³/mol. The number of fused-ring (bicyclic) bond motifs is 4. The molecule has 1 heterocycles. The van der Waals surface area contributed by atoms with Gasteiger partial charge in [0.05, 0.1) is 11.0 Å². The monoisotopic (exact) mass is 536 g/mol. The van der Waals surface area contributed by atoms with Crippen LogP contribution in [0.3, 0.4) is 0 Å². The first kappa shape index (κ1) is 24.2. The van der Waals surface area contributed by atoms with Gasteiger partial charge in [0.2, 0.25) is 0 Å². The molecule has 0 saturated heterocycles. The molecule has 0 aliphatic heterocycles. The van der Waals surface area contributed by atoms with Gasteiger partial charge in [-0.05, 0) is 76.2 Å². The molecule has 0 amide bonds. The summed E-state index contributed by atoms with van der Waals surface area (Å²) in [5.74, 6) is 0. The normalized spacial score (nSPS) is 11.3. The lowest BCUT2D eigenvalue weighted by Gasteiger charge is -2.14. The van der Waals surface area contributed by atoms with Gasteiger partial charge in [0.15, 0.2) is 0 Å². The van der Waals surface area contributed by atoms with Crippen LogP contribution in [0.15, 0.2) is 164 Å². The van der Waals surface area contributed by atoms with Crippen LogP contribution >= 0.6 is 0 Å². The molecular weight excluding hydrogens is 508 g/mol. The molecule has 8 rings (SSSR count). The highest BCUT2D eigenvalue weighted by Crippen LogP contribution is 2.39. The minimum absolute atomic E-state index is 1.07. The molecule has 0 unspecified atom stereocenters. The van der Waals surface area contributed by atoms with Gasteiger partial charge in [0, 0.05) is 33.2 Å². The number of hydrogen-bond donors (Lipinski definition) is 1. The van der Waals surface area contributed by atoms with Gasteiger partial charge in [-0.2, -0.15) is 0 Å². The van der Waals surface area contributed by atoms with E-state index in [2.05, 4.69) is 174 Å². The van der Waals surface area contributed by atoms with E-state index in [1.54, 1.807) is 0 Å². The second-order valence-electron chi connectivity index (χ2n) is 10.7. The largest absolute Gasteiger partial charge is 0.355 e. The minimum atomic E-state index is 1.07. The van der Waals surface area contributed by atoms with Crippen molar-refractivity contribution in [2.45, 2.75) is 0 Å². The molecule has 1 N–H and O–H groups in total. The minimum Gasteiger partial charge on any atom is -0.355 e. The number of hydrogen-bond acceptors (Lipinski definition) is 1. The Morgan fingerprint density at radius 1 is 0.381 bits per heavy atom. The third-order valence-corrected chi connectivity index (χ3v) is 8.19. The number of rotatable bonds is 5. The van der Waals surface area contributed by atoms with E-state index < -0.39 is 0 Å². The fourth-order valence-electron chi connectivity index (χ4n) is 6.19. The SMILES string of the molecule is c1ccc(-c2ccc(Nc3ccc(-c4ccc5c(c4)c4ccccc4n5-c4ccccc4)c4ccccc34)cc2)cc1. The van der Waals surface area contributed by atoms with Crippen LogP contribution in [-0.2, 0) is 0 Å². The van der Waals surface area contributed by atoms with E-state index in [0.717, 1.165) is 11.4 Å². The molecule has 2 nitrogen and oxygen atoms in total. The standard InChI is InChI=1S/C40H28N2/c1-3-11-28(12-4-1)29-19-22-31(23-20-29)41-38-25-24-33(34-15-7-8-16-35(34)38)30-21-26-40-37(27-30)36-17-9-10-18-39(36)42(40)32-13-5-2-6-14-32/h1-27,41H. The van der Waals surface area contributed by atoms with Crippen molar-refractivity contribution in [2.75, 3.05) is 5.32 Å². The molecule has 0 aliphatic carbocycles. The number of aromatic nitrogens is 1. The average molecular weight is 537 g/mol. The Labute approximate surface area is 245 Å². The van der Waals surface area contributed by atoms with Gasteiger partial charge in [-0.3, -0.25) is 0 Å². The van der Waals surface area contributed by atoms with E-state index in [4.69, 9.17) is 0 Å². The predicted octanol–water partition coefficient (Wildman–Crippen LogP) is 11.0. The van der Waals surface area contributed by atoms with Crippen molar-refractivity contribution in [1.82, 2.24) is 4.57 Å². The highest BCUT2D eigenvalue weighted by molar-refractivity contribution is 6.12. The van der Waals surface area contributed by atoms with E-state index in [-0.39, 0.29) is 0 Å². The van der Waals surface area contributed by atoms with Gasteiger partial charge in [-0.25, -0.2) is 0 Å². The van der Waals surface area contributed by atoms with Crippen molar-refractivity contribution in [3.8, 4) is 27.9 Å². The summed E-state index contributed by atoms with van der Waals surface area (Å²) in [5.41, 5.74) is 10.7. The lowest BCUT2D eigenvalue weighted by Crippen LogP contribution is -1.94. The Bertz CT molecular complexity index is 2190. The van der Waals surface area contributed by atoms with Crippen molar-refractivity contribution in [1.29, 1.82) is 0 Å². The summed E-state index contributed by atoms with van der Waals surface area (Å²) in [4.78, 5) is 0. The lowest BCUT2D eigenvalue weighted by molar-refractivity contribution is 1.18. The van der Waals surface area contributed by atoms with Crippen molar-refractivity contribution >= 4 is 44.0 Å². The summed E-state index contributed by atoms with van der Waals surface area (Å²) in [6, 6.07) is 58.5. The highest BCUT2D eigenvalue weighted by atomic mass is 15.0. The van der Waals surface area contributed by atoms with Gasteiger partial charge >= 0.3 is 0 Å². The summed E-state index contributed by atoms with van der Waals surface area (Å²) in [6.07, 6.45) is 0. The quantitative estimate of drug-likeness (QED) is 0.231. The molecule has 1 aromatic heterocycles. The Morgan fingerprint density at radius 3 is 1.76 bits per heavy atom. The third-order valence-electron chi connectivity index (χ3n) is 8.19. The molecule has 0 aliphatic rings. The molecule has 0 bridgehead atoms. The second-order valence-corrected chi connectivity index (χ2v) is 10.7. The van der Waals surface area contributed by atoms with Gasteiger partial charge in [-0.15, -0.1) is 0 Å². The average Bonchev–Trinajstić information content (AvgIpc) is 3.40. The Hall–Kier alpha value is -5.60. The molecule has 42 heavy (non-hydrogen) atoms. The summed E-state index contributed by atoms with van der Waals surface area (Å²) in [5, 5.41) is 8.63. The summed E-state index contributed by atoms with van der Waals surface area (Å²) < 4.78 is 2.36. The molecule has 0 radical (unpaired) electrons. The molecule has 0 atom stereocenters.